The summed E-state index contributed by atoms with van der Waals surface area (Å²) in [6.45, 7) is 7.46. The van der Waals surface area contributed by atoms with Crippen LogP contribution in [0.5, 0.6) is 11.5 Å². The number of dihydropyridines is 1. The zero-order valence-corrected chi connectivity index (χ0v) is 22.2. The van der Waals surface area contributed by atoms with Crippen molar-refractivity contribution in [3.63, 3.8) is 0 Å². The molecule has 0 amide bonds. The van der Waals surface area contributed by atoms with E-state index < -0.39 is 11.9 Å². The highest BCUT2D eigenvalue weighted by atomic mass is 35.5. The average Bonchev–Trinajstić information content (AvgIpc) is 2.81. The van der Waals surface area contributed by atoms with Gasteiger partial charge in [-0.1, -0.05) is 35.3 Å². The summed E-state index contributed by atoms with van der Waals surface area (Å²) >= 11 is 12.4. The van der Waals surface area contributed by atoms with Gasteiger partial charge in [-0.15, -0.1) is 0 Å². The van der Waals surface area contributed by atoms with E-state index in [-0.39, 0.29) is 40.7 Å². The highest BCUT2D eigenvalue weighted by Gasteiger charge is 2.42. The number of esters is 1. The van der Waals surface area contributed by atoms with Gasteiger partial charge in [-0.2, -0.15) is 0 Å². The molecule has 0 bridgehead atoms. The maximum Gasteiger partial charge on any atom is 0.337 e. The van der Waals surface area contributed by atoms with Crippen LogP contribution in [0, 0.1) is 0 Å². The molecule has 36 heavy (non-hydrogen) atoms. The van der Waals surface area contributed by atoms with Crippen molar-refractivity contribution in [2.75, 3.05) is 6.61 Å². The van der Waals surface area contributed by atoms with E-state index in [0.29, 0.717) is 40.5 Å². The van der Waals surface area contributed by atoms with Crippen LogP contribution >= 0.6 is 23.2 Å². The van der Waals surface area contributed by atoms with Crippen LogP contribution in [0.15, 0.2) is 58.9 Å². The molecule has 0 saturated heterocycles. The van der Waals surface area contributed by atoms with Gasteiger partial charge in [0.05, 0.1) is 23.3 Å². The lowest BCUT2D eigenvalue weighted by Crippen LogP contribution is -2.36. The number of Topliss-reactive ketones (excluding diaryl/α,β-unsaturated/α-hetero) is 1. The fraction of sp³-hybridized carbons (Fsp3) is 0.357. The first kappa shape index (κ1) is 26.1. The number of halogens is 2. The standard InChI is InChI=1S/C28H29Cl2NO5/c1-5-35-23-13-18(10-20(30)27(23)33)25-24(28(34)36-14(2)3)15(4)31-21-11-17(12-22(32)26(21)25)16-6-8-19(29)9-7-16/h6-10,13-14,17,25,31,33H,5,11-12H2,1-4H3/t17-,25-/m1/s1. The van der Waals surface area contributed by atoms with Crippen LogP contribution in [0.2, 0.25) is 10.0 Å². The predicted octanol–water partition coefficient (Wildman–Crippen LogP) is 6.41. The summed E-state index contributed by atoms with van der Waals surface area (Å²) in [5.74, 6) is -1.32. The molecule has 0 aromatic heterocycles. The first-order valence-electron chi connectivity index (χ1n) is 12.0. The Morgan fingerprint density at radius 2 is 1.83 bits per heavy atom. The van der Waals surface area contributed by atoms with Crippen LogP contribution in [0.25, 0.3) is 0 Å². The maximum atomic E-state index is 13.7. The van der Waals surface area contributed by atoms with Gasteiger partial charge >= 0.3 is 5.97 Å². The van der Waals surface area contributed by atoms with E-state index in [9.17, 15) is 14.7 Å². The van der Waals surface area contributed by atoms with Crippen molar-refractivity contribution in [2.45, 2.75) is 58.5 Å². The molecule has 8 heteroatoms. The Hall–Kier alpha value is -2.96. The number of phenols is 1. The highest BCUT2D eigenvalue weighted by Crippen LogP contribution is 2.48. The molecule has 2 N–H and O–H groups in total. The first-order chi connectivity index (χ1) is 17.1. The molecule has 1 aliphatic heterocycles. The lowest BCUT2D eigenvalue weighted by molar-refractivity contribution is -0.143. The molecular formula is C28H29Cl2NO5. The topological polar surface area (TPSA) is 84.9 Å². The number of hydrogen-bond acceptors (Lipinski definition) is 6. The summed E-state index contributed by atoms with van der Waals surface area (Å²) in [5.41, 5.74) is 3.81. The van der Waals surface area contributed by atoms with Crippen LogP contribution in [-0.2, 0) is 14.3 Å². The molecule has 0 spiro atoms. The Morgan fingerprint density at radius 1 is 1.14 bits per heavy atom. The smallest absolute Gasteiger partial charge is 0.337 e. The Kier molecular flexibility index (Phi) is 7.67. The molecule has 4 rings (SSSR count). The Balaban J connectivity index is 1.85. The van der Waals surface area contributed by atoms with Crippen molar-refractivity contribution in [3.05, 3.63) is 80.1 Å². The van der Waals surface area contributed by atoms with Gasteiger partial charge in [0.25, 0.3) is 0 Å². The molecule has 0 saturated carbocycles. The normalized spacial score (nSPS) is 19.8. The van der Waals surface area contributed by atoms with Gasteiger partial charge in [0.15, 0.2) is 17.3 Å². The second-order valence-electron chi connectivity index (χ2n) is 9.31. The number of carbonyl (C=O) groups excluding carboxylic acids is 2. The summed E-state index contributed by atoms with van der Waals surface area (Å²) in [5, 5.41) is 14.4. The largest absolute Gasteiger partial charge is 0.503 e. The van der Waals surface area contributed by atoms with Crippen LogP contribution in [-0.4, -0.2) is 29.6 Å². The molecule has 1 heterocycles. The van der Waals surface area contributed by atoms with Crippen molar-refractivity contribution >= 4 is 35.0 Å². The highest BCUT2D eigenvalue weighted by molar-refractivity contribution is 6.32. The third-order valence-corrected chi connectivity index (χ3v) is 6.96. The fourth-order valence-electron chi connectivity index (χ4n) is 4.92. The summed E-state index contributed by atoms with van der Waals surface area (Å²) < 4.78 is 11.2. The molecule has 190 valence electrons. The van der Waals surface area contributed by atoms with Gasteiger partial charge in [0.2, 0.25) is 0 Å². The average molecular weight is 530 g/mol. The fourth-order valence-corrected chi connectivity index (χ4v) is 5.26. The van der Waals surface area contributed by atoms with Crippen molar-refractivity contribution in [3.8, 4) is 11.5 Å². The Morgan fingerprint density at radius 3 is 2.47 bits per heavy atom. The number of aromatic hydroxyl groups is 1. The molecule has 6 nitrogen and oxygen atoms in total. The Bertz CT molecular complexity index is 1260. The molecular weight excluding hydrogens is 501 g/mol. The second kappa shape index (κ2) is 10.6. The minimum atomic E-state index is -0.719. The lowest BCUT2D eigenvalue weighted by atomic mass is 9.71. The number of ether oxygens (including phenoxy) is 2. The quantitative estimate of drug-likeness (QED) is 0.420. The SMILES string of the molecule is CCOc1cc([C@@H]2C(C(=O)OC(C)C)=C(C)NC3=C2C(=O)C[C@H](c2ccc(Cl)cc2)C3)cc(Cl)c1O. The third kappa shape index (κ3) is 5.11. The summed E-state index contributed by atoms with van der Waals surface area (Å²) in [4.78, 5) is 27.0. The first-order valence-corrected chi connectivity index (χ1v) is 12.7. The van der Waals surface area contributed by atoms with Crippen molar-refractivity contribution in [2.24, 2.45) is 0 Å². The predicted molar refractivity (Wildman–Crippen MR) is 140 cm³/mol. The summed E-state index contributed by atoms with van der Waals surface area (Å²) in [6, 6.07) is 10.7. The number of carbonyl (C=O) groups is 2. The van der Waals surface area contributed by atoms with Gasteiger partial charge in [-0.25, -0.2) is 4.79 Å². The number of rotatable bonds is 6. The van der Waals surface area contributed by atoms with E-state index in [1.165, 1.54) is 0 Å². The van der Waals surface area contributed by atoms with E-state index >= 15 is 0 Å². The molecule has 0 fully saturated rings. The number of benzene rings is 2. The molecule has 2 aromatic rings. The van der Waals surface area contributed by atoms with Crippen LogP contribution in [0.1, 0.15) is 63.5 Å². The van der Waals surface area contributed by atoms with Gasteiger partial charge in [-0.3, -0.25) is 4.79 Å². The van der Waals surface area contributed by atoms with Crippen molar-refractivity contribution in [1.29, 1.82) is 0 Å². The van der Waals surface area contributed by atoms with E-state index in [4.69, 9.17) is 32.7 Å². The summed E-state index contributed by atoms with van der Waals surface area (Å²) in [7, 11) is 0. The van der Waals surface area contributed by atoms with Gasteiger partial charge < -0.3 is 19.9 Å². The van der Waals surface area contributed by atoms with E-state index in [2.05, 4.69) is 5.32 Å². The Labute approximate surface area is 220 Å². The zero-order valence-electron chi connectivity index (χ0n) is 20.7. The molecule has 2 atom stereocenters. The number of nitrogens with one attached hydrogen (secondary N) is 1. The number of phenolic OH excluding ortho intramolecular Hbond substituents is 1. The molecule has 2 aliphatic rings. The van der Waals surface area contributed by atoms with Crippen LogP contribution in [0.4, 0.5) is 0 Å². The minimum absolute atomic E-state index is 0.0268. The summed E-state index contributed by atoms with van der Waals surface area (Å²) in [6.07, 6.45) is 0.536. The number of ketones is 1. The number of allylic oxidation sites excluding steroid dienone is 3. The van der Waals surface area contributed by atoms with Gasteiger partial charge in [0.1, 0.15) is 0 Å². The zero-order chi connectivity index (χ0) is 26.1. The molecule has 2 aromatic carbocycles. The van der Waals surface area contributed by atoms with Gasteiger partial charge in [-0.05, 0) is 75.4 Å². The van der Waals surface area contributed by atoms with E-state index in [0.717, 1.165) is 11.3 Å². The van der Waals surface area contributed by atoms with Crippen LogP contribution < -0.4 is 10.1 Å². The minimum Gasteiger partial charge on any atom is -0.503 e. The molecule has 0 unspecified atom stereocenters. The number of hydrogen-bond donors (Lipinski definition) is 2. The van der Waals surface area contributed by atoms with Crippen molar-refractivity contribution < 1.29 is 24.2 Å². The maximum absolute atomic E-state index is 13.7. The van der Waals surface area contributed by atoms with Gasteiger partial charge in [0, 0.05) is 34.3 Å². The van der Waals surface area contributed by atoms with E-state index in [1.54, 1.807) is 39.8 Å². The van der Waals surface area contributed by atoms with E-state index in [1.807, 2.05) is 24.3 Å². The van der Waals surface area contributed by atoms with Crippen LogP contribution in [0.3, 0.4) is 0 Å². The third-order valence-electron chi connectivity index (χ3n) is 6.42. The van der Waals surface area contributed by atoms with Crippen molar-refractivity contribution in [1.82, 2.24) is 5.32 Å². The monoisotopic (exact) mass is 529 g/mol. The molecule has 1 aliphatic carbocycles. The second-order valence-corrected chi connectivity index (χ2v) is 10.1. The lowest BCUT2D eigenvalue weighted by Gasteiger charge is -2.37. The molecule has 0 radical (unpaired) electrons.